The van der Waals surface area contributed by atoms with Crippen LogP contribution in [0.1, 0.15) is 87.6 Å². The van der Waals surface area contributed by atoms with E-state index in [0.29, 0.717) is 35.9 Å². The highest BCUT2D eigenvalue weighted by molar-refractivity contribution is 6.34. The number of aliphatic hydroxyl groups excluding tert-OH is 1. The molecule has 6 atom stereocenters. The summed E-state index contributed by atoms with van der Waals surface area (Å²) < 4.78 is 11.8. The molecule has 242 valence electrons. The number of carbonyl (C=O) groups is 2. The Morgan fingerprint density at radius 2 is 1.91 bits per heavy atom. The van der Waals surface area contributed by atoms with Crippen molar-refractivity contribution in [2.75, 3.05) is 27.3 Å². The molecule has 0 radical (unpaired) electrons. The number of ether oxygens (including phenoxy) is 2. The van der Waals surface area contributed by atoms with Gasteiger partial charge in [-0.15, -0.1) is 0 Å². The average molecular weight is 649 g/mol. The highest BCUT2D eigenvalue weighted by Crippen LogP contribution is 2.42. The van der Waals surface area contributed by atoms with E-state index in [1.807, 2.05) is 19.1 Å². The molecule has 0 saturated carbocycles. The fraction of sp³-hybridized carbons (Fsp3) is 0.588. The third-order valence-electron chi connectivity index (χ3n) is 8.93. The lowest BCUT2D eigenvalue weighted by Crippen LogP contribution is -2.55. The van der Waals surface area contributed by atoms with Gasteiger partial charge in [0.15, 0.2) is 0 Å². The van der Waals surface area contributed by atoms with Crippen LogP contribution in [0.15, 0.2) is 36.4 Å². The van der Waals surface area contributed by atoms with Crippen LogP contribution in [0.2, 0.25) is 10.0 Å². The van der Waals surface area contributed by atoms with Gasteiger partial charge >= 0.3 is 0 Å². The molecule has 2 aliphatic rings. The van der Waals surface area contributed by atoms with Crippen LogP contribution < -0.4 is 15.4 Å². The normalized spacial score (nSPS) is 25.2. The second-order valence-electron chi connectivity index (χ2n) is 12.2. The summed E-state index contributed by atoms with van der Waals surface area (Å²) in [6.07, 6.45) is 4.70. The molecule has 1 saturated heterocycles. The Morgan fingerprint density at radius 3 is 2.61 bits per heavy atom. The van der Waals surface area contributed by atoms with Crippen molar-refractivity contribution in [1.82, 2.24) is 15.5 Å². The first-order chi connectivity index (χ1) is 21.1. The first kappa shape index (κ1) is 34.5. The summed E-state index contributed by atoms with van der Waals surface area (Å²) in [4.78, 5) is 28.9. The van der Waals surface area contributed by atoms with Crippen LogP contribution in [0.5, 0.6) is 5.75 Å². The quantitative estimate of drug-likeness (QED) is 0.324. The molecule has 1 heterocycles. The summed E-state index contributed by atoms with van der Waals surface area (Å²) >= 11 is 12.6. The molecule has 8 nitrogen and oxygen atoms in total. The molecule has 1 aliphatic heterocycles. The van der Waals surface area contributed by atoms with Crippen molar-refractivity contribution < 1.29 is 24.2 Å². The topological polar surface area (TPSA) is 100 Å². The minimum atomic E-state index is -0.944. The summed E-state index contributed by atoms with van der Waals surface area (Å²) in [5, 5.41) is 19.2. The Hall–Kier alpha value is -2.36. The lowest BCUT2D eigenvalue weighted by atomic mass is 9.98. The molecule has 3 N–H and O–H groups in total. The largest absolute Gasteiger partial charge is 0.497 e. The van der Waals surface area contributed by atoms with Gasteiger partial charge in [0, 0.05) is 42.2 Å². The van der Waals surface area contributed by atoms with Crippen molar-refractivity contribution >= 4 is 35.0 Å². The smallest absolute Gasteiger partial charge is 0.243 e. The number of methoxy groups -OCH3 is 1. The Balaban J connectivity index is 1.62. The third kappa shape index (κ3) is 8.88. The average Bonchev–Trinajstić information content (AvgIpc) is 3.34. The first-order valence-corrected chi connectivity index (χ1v) is 16.6. The lowest BCUT2D eigenvalue weighted by Gasteiger charge is -2.33. The van der Waals surface area contributed by atoms with E-state index in [2.05, 4.69) is 23.6 Å². The van der Waals surface area contributed by atoms with E-state index in [9.17, 15) is 14.7 Å². The van der Waals surface area contributed by atoms with Gasteiger partial charge in [0.1, 0.15) is 11.8 Å². The number of rotatable bonds is 8. The van der Waals surface area contributed by atoms with Crippen LogP contribution in [0.25, 0.3) is 0 Å². The Morgan fingerprint density at radius 1 is 1.16 bits per heavy atom. The van der Waals surface area contributed by atoms with E-state index < -0.39 is 18.2 Å². The van der Waals surface area contributed by atoms with Crippen molar-refractivity contribution in [3.05, 3.63) is 63.1 Å². The fourth-order valence-corrected chi connectivity index (χ4v) is 6.92. The molecule has 2 aromatic rings. The van der Waals surface area contributed by atoms with Gasteiger partial charge in [0.2, 0.25) is 11.8 Å². The van der Waals surface area contributed by atoms with Gasteiger partial charge in [-0.1, -0.05) is 56.0 Å². The van der Waals surface area contributed by atoms with Gasteiger partial charge in [0.05, 0.1) is 25.4 Å². The summed E-state index contributed by atoms with van der Waals surface area (Å²) in [6, 6.07) is 9.89. The number of likely N-dealkylation sites (N-methyl/N-ethyl adjacent to an activating group) is 1. The molecule has 10 heteroatoms. The van der Waals surface area contributed by atoms with Crippen LogP contribution in [0.3, 0.4) is 0 Å². The minimum absolute atomic E-state index is 0.0440. The number of β-amino-alcohol motifs (C(OH)–C–C–N with tert-alkyl or cyclic N) is 1. The molecule has 0 aromatic heterocycles. The Labute approximate surface area is 271 Å². The minimum Gasteiger partial charge on any atom is -0.497 e. The second kappa shape index (κ2) is 16.3. The summed E-state index contributed by atoms with van der Waals surface area (Å²) in [6.45, 7) is 4.80. The Bertz CT molecular complexity index is 1260. The molecular formula is C34H47Cl2N3O5. The van der Waals surface area contributed by atoms with Crippen molar-refractivity contribution in [3.63, 3.8) is 0 Å². The number of amides is 2. The van der Waals surface area contributed by atoms with Gasteiger partial charge in [-0.25, -0.2) is 0 Å². The van der Waals surface area contributed by atoms with Crippen LogP contribution >= 0.6 is 23.2 Å². The maximum atomic E-state index is 13.9. The van der Waals surface area contributed by atoms with E-state index in [0.717, 1.165) is 54.5 Å². The van der Waals surface area contributed by atoms with Gasteiger partial charge < -0.3 is 30.1 Å². The monoisotopic (exact) mass is 647 g/mol. The number of unbranched alkanes of at least 4 members (excludes halogenated alkanes) is 1. The van der Waals surface area contributed by atoms with Crippen molar-refractivity contribution in [2.45, 2.75) is 95.5 Å². The van der Waals surface area contributed by atoms with Crippen molar-refractivity contribution in [3.8, 4) is 5.75 Å². The SMILES string of the molecule is CCCCC(C)C(=O)N(C)[C@@H]1CCCCO[C@H]2C[C@@H](NC[C@@H](O)[C@H](Cc3cc(Cl)cc(Cl)c3)NC1=O)c1cc(OC)ccc12. The number of benzene rings is 2. The van der Waals surface area contributed by atoms with Crippen molar-refractivity contribution in [1.29, 1.82) is 0 Å². The van der Waals surface area contributed by atoms with Crippen LogP contribution in [0.4, 0.5) is 0 Å². The number of nitrogens with zero attached hydrogens (tertiary/aromatic N) is 1. The zero-order valence-corrected chi connectivity index (χ0v) is 27.8. The molecule has 2 bridgehead atoms. The molecule has 1 unspecified atom stereocenters. The van der Waals surface area contributed by atoms with Crippen LogP contribution in [-0.4, -0.2) is 67.3 Å². The van der Waals surface area contributed by atoms with Gasteiger partial charge in [-0.05, 0) is 85.5 Å². The number of carbonyl (C=O) groups excluding carboxylic acids is 2. The number of hydrogen-bond donors (Lipinski definition) is 3. The van der Waals surface area contributed by atoms with Crippen LogP contribution in [0, 0.1) is 5.92 Å². The van der Waals surface area contributed by atoms with E-state index >= 15 is 0 Å². The zero-order chi connectivity index (χ0) is 31.8. The summed E-state index contributed by atoms with van der Waals surface area (Å²) in [5.41, 5.74) is 3.00. The van der Waals surface area contributed by atoms with Gasteiger partial charge in [0.25, 0.3) is 0 Å². The number of nitrogens with one attached hydrogen (secondary N) is 2. The van der Waals surface area contributed by atoms with Gasteiger partial charge in [-0.2, -0.15) is 0 Å². The maximum absolute atomic E-state index is 13.9. The zero-order valence-electron chi connectivity index (χ0n) is 26.3. The standard InChI is InChI=1S/C34H47Cl2N3O5/c1-5-6-9-21(2)34(42)39(3)30-10-7-8-13-44-32-19-28(27-18-25(43-4)11-12-26(27)32)37-20-31(40)29(38-33(30)41)16-22-14-23(35)17-24(36)15-22/h11-12,14-15,17-18,21,28-32,37,40H,5-10,13,16,19-20H2,1-4H3,(H,38,41)/t21?,28-,29+,30-,31-,32+/m1/s1. The van der Waals surface area contributed by atoms with E-state index in [1.165, 1.54) is 0 Å². The predicted molar refractivity (Wildman–Crippen MR) is 174 cm³/mol. The molecule has 1 aliphatic carbocycles. The molecule has 1 fully saturated rings. The first-order valence-electron chi connectivity index (χ1n) is 15.8. The number of hydrogen-bond acceptors (Lipinski definition) is 6. The molecule has 44 heavy (non-hydrogen) atoms. The number of halogens is 2. The molecule has 2 aromatic carbocycles. The second-order valence-corrected chi connectivity index (χ2v) is 13.1. The highest BCUT2D eigenvalue weighted by Gasteiger charge is 2.35. The van der Waals surface area contributed by atoms with E-state index in [-0.39, 0.29) is 36.4 Å². The fourth-order valence-electron chi connectivity index (χ4n) is 6.35. The number of fused-ring (bicyclic) bond motifs is 5. The molecule has 0 spiro atoms. The molecule has 4 rings (SSSR count). The van der Waals surface area contributed by atoms with Crippen LogP contribution in [-0.2, 0) is 20.7 Å². The van der Waals surface area contributed by atoms with E-state index in [4.69, 9.17) is 32.7 Å². The maximum Gasteiger partial charge on any atom is 0.243 e. The third-order valence-corrected chi connectivity index (χ3v) is 9.37. The number of aliphatic hydroxyl groups is 1. The molecule has 2 amide bonds. The lowest BCUT2D eigenvalue weighted by molar-refractivity contribution is -0.142. The molecular weight excluding hydrogens is 601 g/mol. The van der Waals surface area contributed by atoms with Crippen molar-refractivity contribution in [2.24, 2.45) is 5.92 Å². The van der Waals surface area contributed by atoms with E-state index in [1.54, 1.807) is 37.3 Å². The van der Waals surface area contributed by atoms with Gasteiger partial charge in [-0.3, -0.25) is 9.59 Å². The highest BCUT2D eigenvalue weighted by atomic mass is 35.5. The predicted octanol–water partition coefficient (Wildman–Crippen LogP) is 6.02. The summed E-state index contributed by atoms with van der Waals surface area (Å²) in [5.74, 6) is 0.259. The Kier molecular flexibility index (Phi) is 12.8. The summed E-state index contributed by atoms with van der Waals surface area (Å²) in [7, 11) is 3.36.